The summed E-state index contributed by atoms with van der Waals surface area (Å²) in [4.78, 5) is 27.8. The third-order valence-electron chi connectivity index (χ3n) is 13.2. The second-order valence-electron chi connectivity index (χ2n) is 15.8. The Morgan fingerprint density at radius 2 is 1.67 bits per heavy atom. The van der Waals surface area contributed by atoms with Gasteiger partial charge in [-0.1, -0.05) is 47.6 Å². The number of carbonyl (C=O) groups is 2. The Balaban J connectivity index is 1.63. The zero-order valence-corrected chi connectivity index (χ0v) is 27.3. The van der Waals surface area contributed by atoms with E-state index in [1.165, 1.54) is 7.11 Å². The van der Waals surface area contributed by atoms with Gasteiger partial charge in [-0.15, -0.1) is 0 Å². The lowest BCUT2D eigenvalue weighted by atomic mass is 9.33. The van der Waals surface area contributed by atoms with Crippen molar-refractivity contribution in [2.75, 3.05) is 19.5 Å². The average molecular weight is 601 g/mol. The number of carbonyl (C=O) groups excluding carboxylic acids is 2. The first-order valence-electron chi connectivity index (χ1n) is 15.4. The summed E-state index contributed by atoms with van der Waals surface area (Å²) in [5, 5.41) is 22.9. The lowest BCUT2D eigenvalue weighted by Gasteiger charge is -2.71. The number of rotatable bonds is 5. The standard InChI is InChI=1S/C33H48N2O6S/c1-27(2)22-9-10-31(6)23(30(22,5)18-21(20-34)26(27)37)17-25(36)33(38)24-19-29(4,35-42(39,40)16-15-41-8)13-11-28(24,3)12-14-32(31,33)7/h17-18,22,24,35,38H,9-16,19H2,1-8H3/t22-,24+,28-,29-,30-,31+,32-,33+/m0/s1. The second kappa shape index (κ2) is 9.32. The van der Waals surface area contributed by atoms with Gasteiger partial charge in [-0.05, 0) is 80.3 Å². The molecule has 0 heterocycles. The molecule has 42 heavy (non-hydrogen) atoms. The zero-order valence-electron chi connectivity index (χ0n) is 26.5. The summed E-state index contributed by atoms with van der Waals surface area (Å²) in [5.41, 5.74) is -4.60. The highest BCUT2D eigenvalue weighted by Gasteiger charge is 2.75. The molecule has 0 spiro atoms. The second-order valence-corrected chi connectivity index (χ2v) is 17.7. The first-order chi connectivity index (χ1) is 19.2. The first-order valence-corrected chi connectivity index (χ1v) is 17.0. The number of Topliss-reactive ketones (excluding diaryl/α,β-unsaturated/α-hetero) is 1. The number of sulfonamides is 1. The smallest absolute Gasteiger partial charge is 0.214 e. The number of nitrogens with zero attached hydrogens (tertiary/aromatic N) is 1. The van der Waals surface area contributed by atoms with Gasteiger partial charge in [0, 0.05) is 34.8 Å². The molecule has 3 fully saturated rings. The predicted octanol–water partition coefficient (Wildman–Crippen LogP) is 4.64. The highest BCUT2D eigenvalue weighted by atomic mass is 32.2. The van der Waals surface area contributed by atoms with E-state index in [4.69, 9.17) is 4.74 Å². The summed E-state index contributed by atoms with van der Waals surface area (Å²) in [6.07, 6.45) is 8.06. The number of aliphatic hydroxyl groups is 1. The van der Waals surface area contributed by atoms with Gasteiger partial charge in [-0.3, -0.25) is 9.59 Å². The van der Waals surface area contributed by atoms with E-state index >= 15 is 0 Å². The van der Waals surface area contributed by atoms with Gasteiger partial charge in [0.05, 0.1) is 17.9 Å². The SMILES string of the molecule is COCCS(=O)(=O)N[C@@]1(C)CC[C@@]2(C)CC[C@@]3(C)[C@]4(C)CC[C@H]5C(C)(C)C(=O)C(C#N)=C[C@]5(C)C4=CC(=O)[C@]3(O)[C@@H]2C1. The van der Waals surface area contributed by atoms with Crippen molar-refractivity contribution in [1.82, 2.24) is 4.72 Å². The monoisotopic (exact) mass is 600 g/mol. The lowest BCUT2D eigenvalue weighted by Crippen LogP contribution is -2.74. The van der Waals surface area contributed by atoms with Crippen molar-refractivity contribution in [3.63, 3.8) is 0 Å². The Labute approximate surface area is 251 Å². The van der Waals surface area contributed by atoms with Crippen molar-refractivity contribution < 1.29 is 27.9 Å². The molecule has 0 aromatic rings. The van der Waals surface area contributed by atoms with Gasteiger partial charge in [-0.2, -0.15) is 5.26 Å². The van der Waals surface area contributed by atoms with Gasteiger partial charge in [0.1, 0.15) is 11.7 Å². The van der Waals surface area contributed by atoms with Crippen molar-refractivity contribution in [2.45, 2.75) is 105 Å². The summed E-state index contributed by atoms with van der Waals surface area (Å²) < 4.78 is 33.8. The lowest BCUT2D eigenvalue weighted by molar-refractivity contribution is -0.239. The molecule has 0 radical (unpaired) electrons. The van der Waals surface area contributed by atoms with Crippen LogP contribution in [-0.2, 0) is 24.3 Å². The molecule has 5 aliphatic rings. The van der Waals surface area contributed by atoms with Crippen LogP contribution < -0.4 is 4.72 Å². The number of allylic oxidation sites excluding steroid dienone is 3. The van der Waals surface area contributed by atoms with E-state index in [-0.39, 0.29) is 40.8 Å². The summed E-state index contributed by atoms with van der Waals surface area (Å²) in [7, 11) is -2.16. The highest BCUT2D eigenvalue weighted by molar-refractivity contribution is 7.89. The van der Waals surface area contributed by atoms with E-state index in [9.17, 15) is 28.4 Å². The summed E-state index contributed by atoms with van der Waals surface area (Å²) in [5.74, 6) is -1.16. The number of fused-ring (bicyclic) bond motifs is 7. The van der Waals surface area contributed by atoms with Crippen LogP contribution in [0.5, 0.6) is 0 Å². The number of ether oxygens (including phenoxy) is 1. The molecule has 0 saturated heterocycles. The van der Waals surface area contributed by atoms with Crippen LogP contribution in [0, 0.1) is 50.2 Å². The average Bonchev–Trinajstić information content (AvgIpc) is 2.90. The fourth-order valence-electron chi connectivity index (χ4n) is 10.5. The normalized spacial score (nSPS) is 46.3. The molecule has 2 N–H and O–H groups in total. The quantitative estimate of drug-likeness (QED) is 0.470. The number of nitrogens with one attached hydrogen (secondary N) is 1. The third kappa shape index (κ3) is 3.97. The van der Waals surface area contributed by atoms with E-state index in [2.05, 4.69) is 38.5 Å². The molecule has 232 valence electrons. The van der Waals surface area contributed by atoms with Crippen molar-refractivity contribution in [2.24, 2.45) is 38.9 Å². The molecule has 0 amide bonds. The Morgan fingerprint density at radius 1 is 1.02 bits per heavy atom. The Hall–Kier alpha value is -1.86. The molecule has 8 atom stereocenters. The third-order valence-corrected chi connectivity index (χ3v) is 14.7. The number of hydrogen-bond acceptors (Lipinski definition) is 7. The molecule has 5 rings (SSSR count). The van der Waals surface area contributed by atoms with Crippen LogP contribution in [-0.4, -0.2) is 55.7 Å². The van der Waals surface area contributed by atoms with E-state index < -0.39 is 48.7 Å². The van der Waals surface area contributed by atoms with Crippen LogP contribution in [0.25, 0.3) is 0 Å². The van der Waals surface area contributed by atoms with Gasteiger partial charge in [-0.25, -0.2) is 13.1 Å². The molecule has 0 aromatic heterocycles. The molecule has 9 heteroatoms. The number of hydrogen-bond donors (Lipinski definition) is 2. The van der Waals surface area contributed by atoms with Crippen LogP contribution in [0.2, 0.25) is 0 Å². The predicted molar refractivity (Wildman–Crippen MR) is 159 cm³/mol. The van der Waals surface area contributed by atoms with Crippen LogP contribution in [0.1, 0.15) is 93.4 Å². The molecule has 0 bridgehead atoms. The van der Waals surface area contributed by atoms with Gasteiger partial charge < -0.3 is 9.84 Å². The minimum absolute atomic E-state index is 0.0788. The zero-order chi connectivity index (χ0) is 31.4. The number of nitriles is 1. The van der Waals surface area contributed by atoms with Crippen LogP contribution in [0.4, 0.5) is 0 Å². The van der Waals surface area contributed by atoms with E-state index in [1.54, 1.807) is 12.2 Å². The number of methoxy groups -OCH3 is 1. The van der Waals surface area contributed by atoms with Crippen molar-refractivity contribution in [1.29, 1.82) is 5.26 Å². The molecule has 5 aliphatic carbocycles. The molecule has 0 aromatic carbocycles. The maximum atomic E-state index is 14.5. The van der Waals surface area contributed by atoms with Crippen LogP contribution >= 0.6 is 0 Å². The van der Waals surface area contributed by atoms with Crippen LogP contribution in [0.15, 0.2) is 23.3 Å². The summed E-state index contributed by atoms with van der Waals surface area (Å²) >= 11 is 0. The molecule has 8 nitrogen and oxygen atoms in total. The largest absolute Gasteiger partial charge is 0.384 e. The van der Waals surface area contributed by atoms with Gasteiger partial charge in [0.25, 0.3) is 0 Å². The Kier molecular flexibility index (Phi) is 7.01. The maximum Gasteiger partial charge on any atom is 0.214 e. The minimum Gasteiger partial charge on any atom is -0.384 e. The van der Waals surface area contributed by atoms with Crippen molar-refractivity contribution in [3.05, 3.63) is 23.3 Å². The van der Waals surface area contributed by atoms with E-state index in [0.29, 0.717) is 32.1 Å². The van der Waals surface area contributed by atoms with E-state index in [1.807, 2.05) is 20.8 Å². The van der Waals surface area contributed by atoms with Gasteiger partial charge in [0.2, 0.25) is 10.0 Å². The van der Waals surface area contributed by atoms with E-state index in [0.717, 1.165) is 18.4 Å². The molecular weight excluding hydrogens is 552 g/mol. The molecule has 0 unspecified atom stereocenters. The molecular formula is C33H48N2O6S. The molecule has 3 saturated carbocycles. The summed E-state index contributed by atoms with van der Waals surface area (Å²) in [6, 6.07) is 2.13. The first kappa shape index (κ1) is 31.6. The molecule has 0 aliphatic heterocycles. The highest BCUT2D eigenvalue weighted by Crippen LogP contribution is 2.75. The Morgan fingerprint density at radius 3 is 2.29 bits per heavy atom. The Bertz CT molecular complexity index is 1440. The van der Waals surface area contributed by atoms with Crippen molar-refractivity contribution in [3.8, 4) is 6.07 Å². The number of ketones is 2. The van der Waals surface area contributed by atoms with Crippen molar-refractivity contribution >= 4 is 21.6 Å². The fourth-order valence-corrected chi connectivity index (χ4v) is 11.9. The maximum absolute atomic E-state index is 14.5. The fraction of sp³-hybridized carbons (Fsp3) is 0.788. The minimum atomic E-state index is -3.63. The van der Waals surface area contributed by atoms with Crippen LogP contribution in [0.3, 0.4) is 0 Å². The summed E-state index contributed by atoms with van der Waals surface area (Å²) in [6.45, 7) is 14.2. The van der Waals surface area contributed by atoms with Gasteiger partial charge in [0.15, 0.2) is 11.6 Å². The van der Waals surface area contributed by atoms with Gasteiger partial charge >= 0.3 is 0 Å². The topological polar surface area (TPSA) is 134 Å².